The number of hydrogen-bond acceptors (Lipinski definition) is 4. The van der Waals surface area contributed by atoms with Crippen molar-refractivity contribution >= 4 is 27.8 Å². The molecule has 0 aliphatic rings. The Morgan fingerprint density at radius 3 is 1.95 bits per heavy atom. The molecule has 0 aliphatic carbocycles. The van der Waals surface area contributed by atoms with Gasteiger partial charge in [0.1, 0.15) is 0 Å². The van der Waals surface area contributed by atoms with Gasteiger partial charge in [-0.15, -0.1) is 0 Å². The molecule has 0 aromatic heterocycles. The predicted molar refractivity (Wildman–Crippen MR) is 87.5 cm³/mol. The molecule has 2 rings (SSSR count). The Kier molecular flexibility index (Phi) is 5.22. The first-order valence-corrected chi connectivity index (χ1v) is 7.07. The zero-order valence-corrected chi connectivity index (χ0v) is 13.7. The van der Waals surface area contributed by atoms with E-state index >= 15 is 0 Å². The van der Waals surface area contributed by atoms with Crippen molar-refractivity contribution in [1.82, 2.24) is 0 Å². The third kappa shape index (κ3) is 3.76. The standard InChI is InChI=1S/C16H16BrNO3/c1-19-14-8-13(9-15(20-2)16(14)21-3)18-10-11-4-6-12(17)7-5-11/h4-10H,1-3H3. The van der Waals surface area contributed by atoms with Gasteiger partial charge in [0.2, 0.25) is 5.75 Å². The third-order valence-corrected chi connectivity index (χ3v) is 3.41. The van der Waals surface area contributed by atoms with Gasteiger partial charge >= 0.3 is 0 Å². The monoisotopic (exact) mass is 349 g/mol. The maximum absolute atomic E-state index is 5.30. The van der Waals surface area contributed by atoms with Gasteiger partial charge in [-0.2, -0.15) is 0 Å². The minimum Gasteiger partial charge on any atom is -0.493 e. The van der Waals surface area contributed by atoms with Crippen molar-refractivity contribution in [2.75, 3.05) is 21.3 Å². The SMILES string of the molecule is COc1cc(N=Cc2ccc(Br)cc2)cc(OC)c1OC. The van der Waals surface area contributed by atoms with Crippen LogP contribution >= 0.6 is 15.9 Å². The van der Waals surface area contributed by atoms with Crippen LogP contribution in [0.5, 0.6) is 17.2 Å². The smallest absolute Gasteiger partial charge is 0.203 e. The second-order valence-electron chi connectivity index (χ2n) is 4.19. The van der Waals surface area contributed by atoms with Crippen molar-refractivity contribution in [3.05, 3.63) is 46.4 Å². The van der Waals surface area contributed by atoms with Crippen molar-refractivity contribution in [1.29, 1.82) is 0 Å². The largest absolute Gasteiger partial charge is 0.493 e. The number of halogens is 1. The Morgan fingerprint density at radius 2 is 1.48 bits per heavy atom. The van der Waals surface area contributed by atoms with Gasteiger partial charge < -0.3 is 14.2 Å². The van der Waals surface area contributed by atoms with Crippen LogP contribution in [-0.2, 0) is 0 Å². The summed E-state index contributed by atoms with van der Waals surface area (Å²) in [6.07, 6.45) is 1.78. The van der Waals surface area contributed by atoms with Crippen molar-refractivity contribution < 1.29 is 14.2 Å². The molecule has 0 aliphatic heterocycles. The lowest BCUT2D eigenvalue weighted by Gasteiger charge is -2.12. The number of ether oxygens (including phenoxy) is 3. The summed E-state index contributed by atoms with van der Waals surface area (Å²) in [7, 11) is 4.74. The molecule has 0 radical (unpaired) electrons. The highest BCUT2D eigenvalue weighted by Gasteiger charge is 2.12. The molecule has 2 aromatic rings. The van der Waals surface area contributed by atoms with Crippen molar-refractivity contribution in [3.63, 3.8) is 0 Å². The normalized spacial score (nSPS) is 10.7. The quantitative estimate of drug-likeness (QED) is 0.758. The van der Waals surface area contributed by atoms with Crippen molar-refractivity contribution in [2.45, 2.75) is 0 Å². The van der Waals surface area contributed by atoms with Crippen LogP contribution in [0.3, 0.4) is 0 Å². The molecule has 0 N–H and O–H groups in total. The molecule has 21 heavy (non-hydrogen) atoms. The van der Waals surface area contributed by atoms with E-state index < -0.39 is 0 Å². The third-order valence-electron chi connectivity index (χ3n) is 2.88. The fourth-order valence-corrected chi connectivity index (χ4v) is 2.10. The Labute approximate surface area is 132 Å². The molecule has 5 heteroatoms. The van der Waals surface area contributed by atoms with Gasteiger partial charge in [-0.25, -0.2) is 0 Å². The first-order chi connectivity index (χ1) is 10.2. The van der Waals surface area contributed by atoms with Crippen LogP contribution in [0.2, 0.25) is 0 Å². The number of rotatable bonds is 5. The van der Waals surface area contributed by atoms with Crippen LogP contribution in [0.25, 0.3) is 0 Å². The second kappa shape index (κ2) is 7.13. The van der Waals surface area contributed by atoms with E-state index in [4.69, 9.17) is 14.2 Å². The number of hydrogen-bond donors (Lipinski definition) is 0. The van der Waals surface area contributed by atoms with E-state index in [1.165, 1.54) is 0 Å². The zero-order chi connectivity index (χ0) is 15.2. The van der Waals surface area contributed by atoms with Crippen molar-refractivity contribution in [3.8, 4) is 17.2 Å². The highest BCUT2D eigenvalue weighted by Crippen LogP contribution is 2.40. The van der Waals surface area contributed by atoms with Crippen molar-refractivity contribution in [2.24, 2.45) is 4.99 Å². The van der Waals surface area contributed by atoms with Crippen LogP contribution < -0.4 is 14.2 Å². The van der Waals surface area contributed by atoms with Gasteiger partial charge in [-0.05, 0) is 17.7 Å². The second-order valence-corrected chi connectivity index (χ2v) is 5.11. The molecule has 0 unspecified atom stereocenters. The maximum Gasteiger partial charge on any atom is 0.203 e. The number of nitrogens with zero attached hydrogens (tertiary/aromatic N) is 1. The van der Waals surface area contributed by atoms with Crippen LogP contribution in [0.15, 0.2) is 45.9 Å². The lowest BCUT2D eigenvalue weighted by atomic mass is 10.2. The average Bonchev–Trinajstić information content (AvgIpc) is 2.53. The van der Waals surface area contributed by atoms with Crippen LogP contribution in [0.4, 0.5) is 5.69 Å². The molecular formula is C16H16BrNO3. The summed E-state index contributed by atoms with van der Waals surface area (Å²) in [6, 6.07) is 11.5. The summed E-state index contributed by atoms with van der Waals surface area (Å²) in [5, 5.41) is 0. The molecular weight excluding hydrogens is 334 g/mol. The molecule has 110 valence electrons. The fourth-order valence-electron chi connectivity index (χ4n) is 1.84. The molecule has 0 saturated carbocycles. The predicted octanol–water partition coefficient (Wildman–Crippen LogP) is 4.23. The van der Waals surface area contributed by atoms with Gasteiger partial charge in [-0.1, -0.05) is 28.1 Å². The van der Waals surface area contributed by atoms with Crippen LogP contribution in [0.1, 0.15) is 5.56 Å². The van der Waals surface area contributed by atoms with Crippen LogP contribution in [0, 0.1) is 0 Å². The molecule has 0 atom stereocenters. The molecule has 0 saturated heterocycles. The highest BCUT2D eigenvalue weighted by molar-refractivity contribution is 9.10. The Bertz CT molecular complexity index is 613. The molecule has 4 nitrogen and oxygen atoms in total. The first-order valence-electron chi connectivity index (χ1n) is 6.27. The topological polar surface area (TPSA) is 40.0 Å². The summed E-state index contributed by atoms with van der Waals surface area (Å²) in [4.78, 5) is 4.44. The molecule has 0 bridgehead atoms. The van der Waals surface area contributed by atoms with E-state index in [9.17, 15) is 0 Å². The molecule has 0 fully saturated rings. The van der Waals surface area contributed by atoms with E-state index in [-0.39, 0.29) is 0 Å². The molecule has 0 amide bonds. The Balaban J connectivity index is 2.33. The Hall–Kier alpha value is -2.01. The lowest BCUT2D eigenvalue weighted by molar-refractivity contribution is 0.324. The summed E-state index contributed by atoms with van der Waals surface area (Å²) >= 11 is 3.40. The maximum atomic E-state index is 5.30. The molecule has 0 spiro atoms. The molecule has 0 heterocycles. The number of methoxy groups -OCH3 is 3. The van der Waals surface area contributed by atoms with E-state index in [0.29, 0.717) is 17.2 Å². The summed E-state index contributed by atoms with van der Waals surface area (Å²) in [5.74, 6) is 1.72. The Morgan fingerprint density at radius 1 is 0.905 bits per heavy atom. The van der Waals surface area contributed by atoms with Crippen LogP contribution in [-0.4, -0.2) is 27.5 Å². The molecule has 2 aromatic carbocycles. The van der Waals surface area contributed by atoms with Gasteiger partial charge in [0, 0.05) is 22.8 Å². The minimum atomic E-state index is 0.558. The first kappa shape index (κ1) is 15.4. The van der Waals surface area contributed by atoms with E-state index in [1.54, 1.807) is 39.7 Å². The van der Waals surface area contributed by atoms with Gasteiger partial charge in [0.25, 0.3) is 0 Å². The lowest BCUT2D eigenvalue weighted by Crippen LogP contribution is -1.94. The highest BCUT2D eigenvalue weighted by atomic mass is 79.9. The average molecular weight is 350 g/mol. The van der Waals surface area contributed by atoms with Gasteiger partial charge in [0.05, 0.1) is 27.0 Å². The van der Waals surface area contributed by atoms with Gasteiger partial charge in [-0.3, -0.25) is 4.99 Å². The van der Waals surface area contributed by atoms with E-state index in [2.05, 4.69) is 20.9 Å². The minimum absolute atomic E-state index is 0.558. The summed E-state index contributed by atoms with van der Waals surface area (Å²) < 4.78 is 16.9. The zero-order valence-electron chi connectivity index (χ0n) is 12.1. The number of aliphatic imine (C=N–C) groups is 1. The summed E-state index contributed by atoms with van der Waals surface area (Å²) in [6.45, 7) is 0. The van der Waals surface area contributed by atoms with E-state index in [0.717, 1.165) is 15.7 Å². The summed E-state index contributed by atoms with van der Waals surface area (Å²) in [5.41, 5.74) is 1.74. The number of benzene rings is 2. The van der Waals surface area contributed by atoms with Gasteiger partial charge in [0.15, 0.2) is 11.5 Å². The van der Waals surface area contributed by atoms with E-state index in [1.807, 2.05) is 24.3 Å². The fraction of sp³-hybridized carbons (Fsp3) is 0.188.